The lowest BCUT2D eigenvalue weighted by Crippen LogP contribution is -2.48. The third kappa shape index (κ3) is 4.70. The van der Waals surface area contributed by atoms with E-state index < -0.39 is 0 Å². The summed E-state index contributed by atoms with van der Waals surface area (Å²) in [6.07, 6.45) is 8.73. The van der Waals surface area contributed by atoms with Gasteiger partial charge in [-0.05, 0) is 105 Å². The van der Waals surface area contributed by atoms with E-state index in [9.17, 15) is 9.59 Å². The average Bonchev–Trinajstić information content (AvgIpc) is 2.83. The van der Waals surface area contributed by atoms with Crippen LogP contribution in [-0.2, 0) is 4.79 Å². The van der Waals surface area contributed by atoms with E-state index in [0.717, 1.165) is 60.9 Å². The van der Waals surface area contributed by atoms with Crippen molar-refractivity contribution in [1.29, 1.82) is 0 Å². The Balaban J connectivity index is 1.01. The van der Waals surface area contributed by atoms with Crippen molar-refractivity contribution in [3.8, 4) is 0 Å². The molecule has 0 spiro atoms. The van der Waals surface area contributed by atoms with Crippen LogP contribution in [0.25, 0.3) is 0 Å². The normalized spacial score (nSPS) is 29.3. The number of carbonyl (C=O) groups excluding carboxylic acids is 2. The first-order chi connectivity index (χ1) is 16.9. The van der Waals surface area contributed by atoms with E-state index in [1.54, 1.807) is 0 Å². The molecule has 0 radical (unpaired) electrons. The van der Waals surface area contributed by atoms with Gasteiger partial charge in [-0.15, -0.1) is 0 Å². The number of aryl methyl sites for hydroxylation is 1. The van der Waals surface area contributed by atoms with Gasteiger partial charge < -0.3 is 15.1 Å². The Kier molecular flexibility index (Phi) is 5.82. The molecular formula is C30H37N3O2. The minimum Gasteiger partial charge on any atom is -0.368 e. The molecule has 2 aromatic carbocycles. The van der Waals surface area contributed by atoms with Gasteiger partial charge in [-0.3, -0.25) is 9.59 Å². The van der Waals surface area contributed by atoms with Crippen LogP contribution in [0.1, 0.15) is 60.9 Å². The molecule has 0 aromatic heterocycles. The molecule has 7 rings (SSSR count). The first-order valence-corrected chi connectivity index (χ1v) is 13.5. The molecule has 5 fully saturated rings. The summed E-state index contributed by atoms with van der Waals surface area (Å²) < 4.78 is 0. The lowest BCUT2D eigenvalue weighted by molar-refractivity contribution is -0.124. The van der Waals surface area contributed by atoms with Crippen LogP contribution in [0.4, 0.5) is 11.4 Å². The fourth-order valence-corrected chi connectivity index (χ4v) is 7.85. The van der Waals surface area contributed by atoms with Crippen molar-refractivity contribution >= 4 is 23.2 Å². The van der Waals surface area contributed by atoms with Gasteiger partial charge in [0, 0.05) is 49.5 Å². The highest BCUT2D eigenvalue weighted by atomic mass is 16.2. The zero-order valence-electron chi connectivity index (χ0n) is 20.8. The lowest BCUT2D eigenvalue weighted by Gasteiger charge is -2.56. The zero-order chi connectivity index (χ0) is 24.0. The molecule has 4 saturated carbocycles. The zero-order valence-corrected chi connectivity index (χ0v) is 20.8. The molecule has 1 N–H and O–H groups in total. The van der Waals surface area contributed by atoms with E-state index in [1.165, 1.54) is 44.1 Å². The van der Waals surface area contributed by atoms with Gasteiger partial charge in [0.2, 0.25) is 5.91 Å². The van der Waals surface area contributed by atoms with Crippen LogP contribution < -0.4 is 10.2 Å². The molecule has 5 heteroatoms. The number of nitrogens with one attached hydrogen (secondary N) is 1. The number of benzene rings is 2. The minimum atomic E-state index is 0.113. The number of anilines is 2. The smallest absolute Gasteiger partial charge is 0.253 e. The Morgan fingerprint density at radius 1 is 0.829 bits per heavy atom. The van der Waals surface area contributed by atoms with Crippen LogP contribution in [0.15, 0.2) is 48.5 Å². The Morgan fingerprint density at radius 3 is 1.97 bits per heavy atom. The summed E-state index contributed by atoms with van der Waals surface area (Å²) >= 11 is 0. The van der Waals surface area contributed by atoms with Gasteiger partial charge in [0.15, 0.2) is 0 Å². The summed E-state index contributed by atoms with van der Waals surface area (Å²) in [7, 11) is 0. The van der Waals surface area contributed by atoms with Crippen molar-refractivity contribution in [3.05, 3.63) is 59.7 Å². The second-order valence-corrected chi connectivity index (χ2v) is 11.8. The van der Waals surface area contributed by atoms with Crippen LogP contribution in [0.3, 0.4) is 0 Å². The molecule has 0 unspecified atom stereocenters. The fraction of sp³-hybridized carbons (Fsp3) is 0.533. The summed E-state index contributed by atoms with van der Waals surface area (Å²) in [6, 6.07) is 16.1. The van der Waals surface area contributed by atoms with Crippen molar-refractivity contribution < 1.29 is 9.59 Å². The molecule has 5 nitrogen and oxygen atoms in total. The second-order valence-electron chi connectivity index (χ2n) is 11.8. The van der Waals surface area contributed by atoms with E-state index >= 15 is 0 Å². The molecule has 4 aliphatic carbocycles. The molecular weight excluding hydrogens is 434 g/mol. The van der Waals surface area contributed by atoms with Crippen molar-refractivity contribution in [2.75, 3.05) is 36.4 Å². The SMILES string of the molecule is Cc1ccc(C(=O)N2CCN(c3ccc(NC(=O)CC45CC6CC(CC(C6)C4)C5)cc3)CC2)cc1. The number of rotatable bonds is 5. The maximum atomic E-state index is 13.0. The minimum absolute atomic E-state index is 0.113. The van der Waals surface area contributed by atoms with Crippen LogP contribution in [0, 0.1) is 30.1 Å². The Hall–Kier alpha value is -2.82. The molecule has 2 aromatic rings. The Labute approximate surface area is 208 Å². The standard InChI is InChI=1S/C30H37N3O2/c1-21-2-4-25(5-3-21)29(35)33-12-10-32(11-13-33)27-8-6-26(7-9-27)31-28(34)20-30-17-22-14-23(18-30)16-24(15-22)19-30/h2-9,22-24H,10-20H2,1H3,(H,31,34). The van der Waals surface area contributed by atoms with Gasteiger partial charge in [0.25, 0.3) is 5.91 Å². The summed E-state index contributed by atoms with van der Waals surface area (Å²) in [6.45, 7) is 5.10. The number of piperazine rings is 1. The molecule has 1 saturated heterocycles. The second kappa shape index (κ2) is 9.00. The number of amides is 2. The van der Waals surface area contributed by atoms with Crippen LogP contribution in [0.5, 0.6) is 0 Å². The topological polar surface area (TPSA) is 52.7 Å². The van der Waals surface area contributed by atoms with Gasteiger partial charge >= 0.3 is 0 Å². The summed E-state index contributed by atoms with van der Waals surface area (Å²) in [5.41, 5.74) is 4.23. The van der Waals surface area contributed by atoms with Crippen molar-refractivity contribution in [2.24, 2.45) is 23.2 Å². The highest BCUT2D eigenvalue weighted by molar-refractivity contribution is 5.94. The van der Waals surface area contributed by atoms with Crippen LogP contribution >= 0.6 is 0 Å². The summed E-state index contributed by atoms with van der Waals surface area (Å²) in [5.74, 6) is 2.92. The highest BCUT2D eigenvalue weighted by Gasteiger charge is 2.51. The molecule has 4 bridgehead atoms. The van der Waals surface area contributed by atoms with Crippen molar-refractivity contribution in [3.63, 3.8) is 0 Å². The molecule has 1 aliphatic heterocycles. The van der Waals surface area contributed by atoms with E-state index in [4.69, 9.17) is 0 Å². The van der Waals surface area contributed by atoms with E-state index in [1.807, 2.05) is 48.2 Å². The molecule has 2 amide bonds. The van der Waals surface area contributed by atoms with Gasteiger partial charge in [0.05, 0.1) is 0 Å². The van der Waals surface area contributed by atoms with E-state index in [0.29, 0.717) is 6.42 Å². The van der Waals surface area contributed by atoms with Crippen LogP contribution in [-0.4, -0.2) is 42.9 Å². The Morgan fingerprint density at radius 2 is 1.40 bits per heavy atom. The Bertz CT molecular complexity index is 1050. The third-order valence-corrected chi connectivity index (χ3v) is 9.08. The maximum Gasteiger partial charge on any atom is 0.253 e. The van der Waals surface area contributed by atoms with Gasteiger partial charge in [-0.25, -0.2) is 0 Å². The van der Waals surface area contributed by atoms with Crippen molar-refractivity contribution in [2.45, 2.75) is 51.9 Å². The largest absolute Gasteiger partial charge is 0.368 e. The highest BCUT2D eigenvalue weighted by Crippen LogP contribution is 2.61. The molecule has 0 atom stereocenters. The summed E-state index contributed by atoms with van der Waals surface area (Å²) in [4.78, 5) is 30.0. The molecule has 184 valence electrons. The first-order valence-electron chi connectivity index (χ1n) is 13.5. The van der Waals surface area contributed by atoms with E-state index in [-0.39, 0.29) is 17.2 Å². The third-order valence-electron chi connectivity index (χ3n) is 9.08. The number of hydrogen-bond acceptors (Lipinski definition) is 3. The van der Waals surface area contributed by atoms with Gasteiger partial charge in [-0.1, -0.05) is 17.7 Å². The average molecular weight is 472 g/mol. The molecule has 35 heavy (non-hydrogen) atoms. The maximum absolute atomic E-state index is 13.0. The quantitative estimate of drug-likeness (QED) is 0.626. The molecule has 5 aliphatic rings. The first kappa shape index (κ1) is 22.6. The number of hydrogen-bond donors (Lipinski definition) is 1. The number of nitrogens with zero attached hydrogens (tertiary/aromatic N) is 2. The van der Waals surface area contributed by atoms with Crippen LogP contribution in [0.2, 0.25) is 0 Å². The summed E-state index contributed by atoms with van der Waals surface area (Å²) in [5, 5.41) is 3.18. The molecule has 1 heterocycles. The fourth-order valence-electron chi connectivity index (χ4n) is 7.85. The predicted molar refractivity (Wildman–Crippen MR) is 140 cm³/mol. The van der Waals surface area contributed by atoms with Gasteiger partial charge in [0.1, 0.15) is 0 Å². The van der Waals surface area contributed by atoms with E-state index in [2.05, 4.69) is 22.3 Å². The number of carbonyl (C=O) groups is 2. The predicted octanol–water partition coefficient (Wildman–Crippen LogP) is 5.50. The monoisotopic (exact) mass is 471 g/mol. The van der Waals surface area contributed by atoms with Gasteiger partial charge in [-0.2, -0.15) is 0 Å². The van der Waals surface area contributed by atoms with Crippen molar-refractivity contribution in [1.82, 2.24) is 4.90 Å². The lowest BCUT2D eigenvalue weighted by atomic mass is 9.49.